The summed E-state index contributed by atoms with van der Waals surface area (Å²) < 4.78 is 10.7. The van der Waals surface area contributed by atoms with Crippen molar-refractivity contribution in [2.45, 2.75) is 44.9 Å². The normalized spacial score (nSPS) is 22.4. The Kier molecular flexibility index (Phi) is 4.47. The van der Waals surface area contributed by atoms with Gasteiger partial charge in [-0.25, -0.2) is 4.79 Å². The number of hydrogen-bond acceptors (Lipinski definition) is 5. The van der Waals surface area contributed by atoms with Gasteiger partial charge in [0.15, 0.2) is 0 Å². The zero-order chi connectivity index (χ0) is 18.2. The summed E-state index contributed by atoms with van der Waals surface area (Å²) in [6.07, 6.45) is 3.66. The molecule has 2 amide bonds. The molecule has 3 rings (SSSR count). The number of ether oxygens (including phenoxy) is 2. The molecule has 0 aromatic heterocycles. The Balaban J connectivity index is 1.58. The van der Waals surface area contributed by atoms with Gasteiger partial charge in [-0.3, -0.25) is 14.5 Å². The molecule has 2 atom stereocenters. The number of amides is 2. The SMILES string of the molecule is CC(C)(C)OC(=O)COC1C=CC(N2C(=O)c3ccccc3C2=O)C1. The van der Waals surface area contributed by atoms with Crippen molar-refractivity contribution >= 4 is 17.8 Å². The molecule has 132 valence electrons. The number of nitrogens with zero attached hydrogens (tertiary/aromatic N) is 1. The van der Waals surface area contributed by atoms with Gasteiger partial charge in [0.25, 0.3) is 11.8 Å². The first-order valence-corrected chi connectivity index (χ1v) is 8.25. The van der Waals surface area contributed by atoms with Crippen molar-refractivity contribution in [1.29, 1.82) is 0 Å². The van der Waals surface area contributed by atoms with Crippen LogP contribution in [0.5, 0.6) is 0 Å². The summed E-state index contributed by atoms with van der Waals surface area (Å²) in [5.74, 6) is -1.02. The van der Waals surface area contributed by atoms with E-state index in [0.717, 1.165) is 0 Å². The van der Waals surface area contributed by atoms with Crippen LogP contribution in [0.3, 0.4) is 0 Å². The van der Waals surface area contributed by atoms with Crippen LogP contribution in [0.25, 0.3) is 0 Å². The van der Waals surface area contributed by atoms with Crippen LogP contribution in [0.2, 0.25) is 0 Å². The third-order valence-electron chi connectivity index (χ3n) is 4.01. The van der Waals surface area contributed by atoms with E-state index < -0.39 is 11.6 Å². The largest absolute Gasteiger partial charge is 0.458 e. The fraction of sp³-hybridized carbons (Fsp3) is 0.421. The molecule has 0 fully saturated rings. The minimum absolute atomic E-state index is 0.166. The first-order valence-electron chi connectivity index (χ1n) is 8.25. The third kappa shape index (κ3) is 3.64. The summed E-state index contributed by atoms with van der Waals surface area (Å²) in [4.78, 5) is 37.9. The number of esters is 1. The highest BCUT2D eigenvalue weighted by molar-refractivity contribution is 6.21. The van der Waals surface area contributed by atoms with Crippen LogP contribution in [0, 0.1) is 0 Å². The molecule has 1 aromatic carbocycles. The standard InChI is InChI=1S/C19H21NO5/c1-19(2,3)25-16(21)11-24-13-9-8-12(10-13)20-17(22)14-6-4-5-7-15(14)18(20)23/h4-9,12-13H,10-11H2,1-3H3. The molecule has 2 aliphatic rings. The molecule has 25 heavy (non-hydrogen) atoms. The quantitative estimate of drug-likeness (QED) is 0.477. The minimum atomic E-state index is -0.561. The average molecular weight is 343 g/mol. The Morgan fingerprint density at radius 2 is 1.72 bits per heavy atom. The summed E-state index contributed by atoms with van der Waals surface area (Å²) in [5, 5.41) is 0. The number of carbonyl (C=O) groups is 3. The van der Waals surface area contributed by atoms with Crippen molar-refractivity contribution < 1.29 is 23.9 Å². The summed E-state index contributed by atoms with van der Waals surface area (Å²) in [6.45, 7) is 5.21. The Morgan fingerprint density at radius 1 is 1.12 bits per heavy atom. The maximum atomic E-state index is 12.5. The Morgan fingerprint density at radius 3 is 2.28 bits per heavy atom. The second-order valence-corrected chi connectivity index (χ2v) is 7.15. The Hall–Kier alpha value is -2.47. The molecule has 0 bridgehead atoms. The fourth-order valence-electron chi connectivity index (χ4n) is 3.02. The smallest absolute Gasteiger partial charge is 0.332 e. The van der Waals surface area contributed by atoms with Gasteiger partial charge in [0.05, 0.1) is 23.3 Å². The molecule has 6 heteroatoms. The van der Waals surface area contributed by atoms with E-state index in [0.29, 0.717) is 17.5 Å². The van der Waals surface area contributed by atoms with Crippen molar-refractivity contribution in [1.82, 2.24) is 4.90 Å². The number of fused-ring (bicyclic) bond motifs is 1. The molecular formula is C19H21NO5. The predicted octanol–water partition coefficient (Wildman–Crippen LogP) is 2.34. The van der Waals surface area contributed by atoms with Gasteiger partial charge in [-0.05, 0) is 32.9 Å². The van der Waals surface area contributed by atoms with E-state index in [1.54, 1.807) is 57.2 Å². The first-order chi connectivity index (χ1) is 11.8. The van der Waals surface area contributed by atoms with E-state index in [-0.39, 0.29) is 30.6 Å². The van der Waals surface area contributed by atoms with Gasteiger partial charge >= 0.3 is 5.97 Å². The molecule has 6 nitrogen and oxygen atoms in total. The molecule has 1 aliphatic carbocycles. The maximum Gasteiger partial charge on any atom is 0.332 e. The molecule has 1 heterocycles. The van der Waals surface area contributed by atoms with Crippen molar-refractivity contribution in [3.05, 3.63) is 47.5 Å². The maximum absolute atomic E-state index is 12.5. The number of imide groups is 1. The molecule has 0 spiro atoms. The number of benzene rings is 1. The zero-order valence-corrected chi connectivity index (χ0v) is 14.5. The van der Waals surface area contributed by atoms with E-state index in [4.69, 9.17) is 9.47 Å². The molecule has 0 radical (unpaired) electrons. The molecule has 0 saturated carbocycles. The van der Waals surface area contributed by atoms with Crippen LogP contribution in [-0.4, -0.2) is 47.0 Å². The van der Waals surface area contributed by atoms with Crippen LogP contribution in [-0.2, 0) is 14.3 Å². The highest BCUT2D eigenvalue weighted by Crippen LogP contribution is 2.29. The summed E-state index contributed by atoms with van der Waals surface area (Å²) >= 11 is 0. The van der Waals surface area contributed by atoms with Crippen LogP contribution in [0.15, 0.2) is 36.4 Å². The summed E-state index contributed by atoms with van der Waals surface area (Å²) in [6, 6.07) is 6.43. The number of hydrogen-bond donors (Lipinski definition) is 0. The lowest BCUT2D eigenvalue weighted by atomic mass is 10.1. The van der Waals surface area contributed by atoms with Crippen LogP contribution >= 0.6 is 0 Å². The summed E-state index contributed by atoms with van der Waals surface area (Å²) in [7, 11) is 0. The van der Waals surface area contributed by atoms with E-state index in [2.05, 4.69) is 0 Å². The first kappa shape index (κ1) is 17.4. The van der Waals surface area contributed by atoms with E-state index in [9.17, 15) is 14.4 Å². The lowest BCUT2D eigenvalue weighted by molar-refractivity contribution is -0.161. The van der Waals surface area contributed by atoms with Gasteiger partial charge < -0.3 is 9.47 Å². The van der Waals surface area contributed by atoms with Gasteiger partial charge in [0.2, 0.25) is 0 Å². The Labute approximate surface area is 146 Å². The van der Waals surface area contributed by atoms with Crippen LogP contribution in [0.4, 0.5) is 0 Å². The lowest BCUT2D eigenvalue weighted by Crippen LogP contribution is -2.38. The van der Waals surface area contributed by atoms with Crippen molar-refractivity contribution in [3.8, 4) is 0 Å². The van der Waals surface area contributed by atoms with Gasteiger partial charge in [-0.15, -0.1) is 0 Å². The Bertz CT molecular complexity index is 711. The zero-order valence-electron chi connectivity index (χ0n) is 14.5. The molecule has 1 aliphatic heterocycles. The number of rotatable bonds is 4. The van der Waals surface area contributed by atoms with E-state index >= 15 is 0 Å². The monoisotopic (exact) mass is 343 g/mol. The predicted molar refractivity (Wildman–Crippen MR) is 90.1 cm³/mol. The molecule has 2 unspecified atom stereocenters. The van der Waals surface area contributed by atoms with E-state index in [1.807, 2.05) is 0 Å². The lowest BCUT2D eigenvalue weighted by Gasteiger charge is -2.22. The van der Waals surface area contributed by atoms with Crippen molar-refractivity contribution in [2.24, 2.45) is 0 Å². The van der Waals surface area contributed by atoms with Crippen molar-refractivity contribution in [3.63, 3.8) is 0 Å². The van der Waals surface area contributed by atoms with Gasteiger partial charge in [0, 0.05) is 6.42 Å². The minimum Gasteiger partial charge on any atom is -0.458 e. The second-order valence-electron chi connectivity index (χ2n) is 7.15. The highest BCUT2D eigenvalue weighted by atomic mass is 16.6. The molecular weight excluding hydrogens is 322 g/mol. The molecule has 0 saturated heterocycles. The second kappa shape index (κ2) is 6.44. The molecule has 1 aromatic rings. The average Bonchev–Trinajstić information content (AvgIpc) is 3.08. The summed E-state index contributed by atoms with van der Waals surface area (Å²) in [5.41, 5.74) is 0.298. The third-order valence-corrected chi connectivity index (χ3v) is 4.01. The van der Waals surface area contributed by atoms with Gasteiger partial charge in [-0.2, -0.15) is 0 Å². The fourth-order valence-corrected chi connectivity index (χ4v) is 3.02. The van der Waals surface area contributed by atoms with Crippen molar-refractivity contribution in [2.75, 3.05) is 6.61 Å². The molecule has 0 N–H and O–H groups in total. The van der Waals surface area contributed by atoms with Gasteiger partial charge in [0.1, 0.15) is 12.2 Å². The number of carbonyl (C=O) groups excluding carboxylic acids is 3. The van der Waals surface area contributed by atoms with E-state index in [1.165, 1.54) is 4.90 Å². The van der Waals surface area contributed by atoms with Crippen LogP contribution in [0.1, 0.15) is 47.9 Å². The van der Waals surface area contributed by atoms with Crippen LogP contribution < -0.4 is 0 Å². The topological polar surface area (TPSA) is 72.9 Å². The highest BCUT2D eigenvalue weighted by Gasteiger charge is 2.41. The van der Waals surface area contributed by atoms with Gasteiger partial charge in [-0.1, -0.05) is 24.3 Å².